The summed E-state index contributed by atoms with van der Waals surface area (Å²) in [7, 11) is 0. The zero-order valence-electron chi connectivity index (χ0n) is 17.2. The molecule has 0 spiro atoms. The number of ether oxygens (including phenoxy) is 1. The second-order valence-corrected chi connectivity index (χ2v) is 7.98. The van der Waals surface area contributed by atoms with Gasteiger partial charge in [-0.25, -0.2) is 4.39 Å². The van der Waals surface area contributed by atoms with Crippen LogP contribution < -0.4 is 0 Å². The van der Waals surface area contributed by atoms with Gasteiger partial charge in [-0.15, -0.1) is 0 Å². The first-order chi connectivity index (χ1) is 15.2. The van der Waals surface area contributed by atoms with E-state index in [1.807, 2.05) is 42.6 Å². The van der Waals surface area contributed by atoms with Crippen molar-refractivity contribution < 1.29 is 9.13 Å². The maximum absolute atomic E-state index is 13.2. The van der Waals surface area contributed by atoms with Crippen LogP contribution in [0.15, 0.2) is 79.0 Å². The fourth-order valence-electron chi connectivity index (χ4n) is 4.09. The number of halogens is 1. The number of pyridine rings is 2. The number of rotatable bonds is 5. The molecule has 2 aromatic carbocycles. The Balaban J connectivity index is 1.27. The zero-order valence-corrected chi connectivity index (χ0v) is 17.2. The van der Waals surface area contributed by atoms with Gasteiger partial charge in [0.15, 0.2) is 0 Å². The summed E-state index contributed by atoms with van der Waals surface area (Å²) >= 11 is 0. The molecule has 1 unspecified atom stereocenters. The molecule has 5 rings (SSSR count). The summed E-state index contributed by atoms with van der Waals surface area (Å²) in [6, 6.07) is 23.2. The van der Waals surface area contributed by atoms with Crippen LogP contribution in [0.4, 0.5) is 4.39 Å². The first kappa shape index (κ1) is 19.8. The average molecular weight is 413 g/mol. The monoisotopic (exact) mass is 413 g/mol. The maximum atomic E-state index is 13.2. The van der Waals surface area contributed by atoms with Crippen molar-refractivity contribution in [1.82, 2.24) is 14.9 Å². The van der Waals surface area contributed by atoms with Gasteiger partial charge in [0.1, 0.15) is 11.9 Å². The highest BCUT2D eigenvalue weighted by atomic mass is 19.1. The number of fused-ring (bicyclic) bond motifs is 1. The van der Waals surface area contributed by atoms with E-state index in [4.69, 9.17) is 9.72 Å². The largest absolute Gasteiger partial charge is 0.369 e. The molecule has 1 aliphatic heterocycles. The summed E-state index contributed by atoms with van der Waals surface area (Å²) in [4.78, 5) is 11.7. The van der Waals surface area contributed by atoms with Gasteiger partial charge in [0.25, 0.3) is 0 Å². The van der Waals surface area contributed by atoms with Crippen molar-refractivity contribution in [2.75, 3.05) is 19.7 Å². The number of benzene rings is 2. The van der Waals surface area contributed by atoms with Gasteiger partial charge in [-0.3, -0.25) is 14.9 Å². The highest BCUT2D eigenvalue weighted by molar-refractivity contribution is 5.78. The summed E-state index contributed by atoms with van der Waals surface area (Å²) in [6.45, 7) is 3.26. The molecule has 31 heavy (non-hydrogen) atoms. The second kappa shape index (κ2) is 8.92. The Morgan fingerprint density at radius 2 is 1.84 bits per heavy atom. The van der Waals surface area contributed by atoms with Crippen LogP contribution in [0.3, 0.4) is 0 Å². The summed E-state index contributed by atoms with van der Waals surface area (Å²) in [5.41, 5.74) is 5.26. The van der Waals surface area contributed by atoms with Crippen LogP contribution in [0.5, 0.6) is 0 Å². The van der Waals surface area contributed by atoms with E-state index in [1.165, 1.54) is 23.1 Å². The topological polar surface area (TPSA) is 38.2 Å². The minimum Gasteiger partial charge on any atom is -0.369 e. The van der Waals surface area contributed by atoms with E-state index in [0.29, 0.717) is 13.0 Å². The van der Waals surface area contributed by atoms with E-state index < -0.39 is 0 Å². The highest BCUT2D eigenvalue weighted by Gasteiger charge is 2.23. The number of aromatic nitrogens is 2. The number of hydrogen-bond acceptors (Lipinski definition) is 4. The SMILES string of the molecule is Fc1ccc(Cc2cccc(C3CN(Cc4ccc5ncccc5c4)CCO3)n2)cc1. The van der Waals surface area contributed by atoms with Gasteiger partial charge in [-0.2, -0.15) is 0 Å². The van der Waals surface area contributed by atoms with Crippen molar-refractivity contribution in [2.24, 2.45) is 0 Å². The molecule has 0 bridgehead atoms. The van der Waals surface area contributed by atoms with E-state index >= 15 is 0 Å². The smallest absolute Gasteiger partial charge is 0.123 e. The average Bonchev–Trinajstić information content (AvgIpc) is 2.81. The van der Waals surface area contributed by atoms with Gasteiger partial charge in [0.05, 0.1) is 17.8 Å². The van der Waals surface area contributed by atoms with Crippen molar-refractivity contribution in [3.05, 3.63) is 107 Å². The Morgan fingerprint density at radius 3 is 2.74 bits per heavy atom. The van der Waals surface area contributed by atoms with Crippen molar-refractivity contribution >= 4 is 10.9 Å². The number of morpholine rings is 1. The first-order valence-corrected chi connectivity index (χ1v) is 10.6. The minimum atomic E-state index is -0.219. The van der Waals surface area contributed by atoms with Gasteiger partial charge in [0.2, 0.25) is 0 Å². The molecule has 3 heterocycles. The quantitative estimate of drug-likeness (QED) is 0.465. The molecular weight excluding hydrogens is 389 g/mol. The third-order valence-electron chi connectivity index (χ3n) is 5.68. The van der Waals surface area contributed by atoms with Crippen molar-refractivity contribution in [3.63, 3.8) is 0 Å². The highest BCUT2D eigenvalue weighted by Crippen LogP contribution is 2.23. The molecule has 1 saturated heterocycles. The molecule has 156 valence electrons. The van der Waals surface area contributed by atoms with Crippen molar-refractivity contribution in [1.29, 1.82) is 0 Å². The summed E-state index contributed by atoms with van der Waals surface area (Å²) < 4.78 is 19.2. The first-order valence-electron chi connectivity index (χ1n) is 10.6. The standard InChI is InChI=1S/C26H24FN3O/c27-22-9-6-19(7-10-22)16-23-4-1-5-25(29-23)26-18-30(13-14-31-26)17-20-8-11-24-21(15-20)3-2-12-28-24/h1-12,15,26H,13-14,16-18H2. The van der Waals surface area contributed by atoms with Crippen molar-refractivity contribution in [3.8, 4) is 0 Å². The number of nitrogens with zero attached hydrogens (tertiary/aromatic N) is 3. The molecule has 0 N–H and O–H groups in total. The lowest BCUT2D eigenvalue weighted by molar-refractivity contribution is -0.0350. The lowest BCUT2D eigenvalue weighted by Crippen LogP contribution is -2.38. The summed E-state index contributed by atoms with van der Waals surface area (Å²) in [5, 5.41) is 1.17. The molecule has 1 atom stereocenters. The van der Waals surface area contributed by atoms with Crippen LogP contribution in [0.2, 0.25) is 0 Å². The molecule has 0 amide bonds. The van der Waals surface area contributed by atoms with Crippen LogP contribution in [-0.4, -0.2) is 34.6 Å². The van der Waals surface area contributed by atoms with Crippen LogP contribution in [0.25, 0.3) is 10.9 Å². The van der Waals surface area contributed by atoms with E-state index in [0.717, 1.165) is 42.1 Å². The van der Waals surface area contributed by atoms with E-state index in [1.54, 1.807) is 0 Å². The molecule has 4 nitrogen and oxygen atoms in total. The Morgan fingerprint density at radius 1 is 0.968 bits per heavy atom. The molecule has 5 heteroatoms. The second-order valence-electron chi connectivity index (χ2n) is 7.98. The Kier molecular flexibility index (Phi) is 5.69. The van der Waals surface area contributed by atoms with Crippen LogP contribution in [0.1, 0.15) is 28.6 Å². The molecule has 0 saturated carbocycles. The predicted octanol–water partition coefficient (Wildman–Crippen LogP) is 4.93. The van der Waals surface area contributed by atoms with Crippen LogP contribution >= 0.6 is 0 Å². The fourth-order valence-corrected chi connectivity index (χ4v) is 4.09. The fraction of sp³-hybridized carbons (Fsp3) is 0.231. The lowest BCUT2D eigenvalue weighted by atomic mass is 10.1. The minimum absolute atomic E-state index is 0.0518. The molecule has 2 aromatic heterocycles. The van der Waals surface area contributed by atoms with Crippen LogP contribution in [0, 0.1) is 5.82 Å². The van der Waals surface area contributed by atoms with Crippen molar-refractivity contribution in [2.45, 2.75) is 19.1 Å². The van der Waals surface area contributed by atoms with E-state index in [-0.39, 0.29) is 11.9 Å². The van der Waals surface area contributed by atoms with E-state index in [2.05, 4.69) is 34.1 Å². The normalized spacial score (nSPS) is 17.1. The van der Waals surface area contributed by atoms with Gasteiger partial charge >= 0.3 is 0 Å². The van der Waals surface area contributed by atoms with Gasteiger partial charge in [0, 0.05) is 43.3 Å². The van der Waals surface area contributed by atoms with E-state index in [9.17, 15) is 4.39 Å². The Bertz CT molecular complexity index is 1180. The third-order valence-corrected chi connectivity index (χ3v) is 5.68. The van der Waals surface area contributed by atoms with Gasteiger partial charge in [-0.1, -0.05) is 30.3 Å². The van der Waals surface area contributed by atoms with Gasteiger partial charge in [-0.05, 0) is 53.6 Å². The molecule has 0 radical (unpaired) electrons. The summed E-state index contributed by atoms with van der Waals surface area (Å²) in [6.07, 6.45) is 2.45. The Hall–Kier alpha value is -3.15. The molecule has 4 aromatic rings. The summed E-state index contributed by atoms with van der Waals surface area (Å²) in [5.74, 6) is -0.219. The molecule has 1 aliphatic rings. The maximum Gasteiger partial charge on any atom is 0.123 e. The number of hydrogen-bond donors (Lipinski definition) is 0. The Labute approximate surface area is 181 Å². The molecule has 0 aliphatic carbocycles. The lowest BCUT2D eigenvalue weighted by Gasteiger charge is -2.32. The van der Waals surface area contributed by atoms with Crippen LogP contribution in [-0.2, 0) is 17.7 Å². The predicted molar refractivity (Wildman–Crippen MR) is 119 cm³/mol. The zero-order chi connectivity index (χ0) is 21.0. The van der Waals surface area contributed by atoms with Gasteiger partial charge < -0.3 is 4.74 Å². The third kappa shape index (κ3) is 4.79. The molecule has 1 fully saturated rings. The molecular formula is C26H24FN3O.